The molecule has 0 spiro atoms. The highest BCUT2D eigenvalue weighted by atomic mass is 16.5. The van der Waals surface area contributed by atoms with E-state index in [-0.39, 0.29) is 39.6 Å². The van der Waals surface area contributed by atoms with Crippen LogP contribution in [-0.2, 0) is 0 Å². The molecular formula is C24H24O6. The van der Waals surface area contributed by atoms with Gasteiger partial charge < -0.3 is 13.9 Å². The molecule has 1 unspecified atom stereocenters. The zero-order chi connectivity index (χ0) is 22.0. The summed E-state index contributed by atoms with van der Waals surface area (Å²) in [5.41, 5.74) is 2.08. The molecule has 0 radical (unpaired) electrons. The molecule has 1 aliphatic rings. The van der Waals surface area contributed by atoms with E-state index < -0.39 is 11.7 Å². The van der Waals surface area contributed by atoms with Gasteiger partial charge in [0, 0.05) is 11.1 Å². The first-order valence-electron chi connectivity index (χ1n) is 9.56. The third-order valence-corrected chi connectivity index (χ3v) is 5.24. The Bertz CT molecular complexity index is 1070. The molecule has 0 bridgehead atoms. The molecule has 1 atom stereocenters. The molecule has 30 heavy (non-hydrogen) atoms. The van der Waals surface area contributed by atoms with E-state index >= 15 is 0 Å². The van der Waals surface area contributed by atoms with Crippen LogP contribution in [0.15, 0.2) is 57.9 Å². The van der Waals surface area contributed by atoms with Crippen molar-refractivity contribution in [3.63, 3.8) is 0 Å². The highest BCUT2D eigenvalue weighted by molar-refractivity contribution is 6.30. The second kappa shape index (κ2) is 8.53. The predicted octanol–water partition coefficient (Wildman–Crippen LogP) is 4.85. The molecule has 2 aromatic rings. The minimum atomic E-state index is -0.821. The summed E-state index contributed by atoms with van der Waals surface area (Å²) in [5, 5.41) is 0. The third kappa shape index (κ3) is 3.61. The predicted molar refractivity (Wildman–Crippen MR) is 111 cm³/mol. The Kier molecular flexibility index (Phi) is 6.06. The molecule has 1 aromatic carbocycles. The summed E-state index contributed by atoms with van der Waals surface area (Å²) in [4.78, 5) is 40.2. The highest BCUT2D eigenvalue weighted by Crippen LogP contribution is 2.41. The number of ketones is 3. The summed E-state index contributed by atoms with van der Waals surface area (Å²) in [6, 6.07) is 4.74. The van der Waals surface area contributed by atoms with Crippen LogP contribution >= 0.6 is 0 Å². The average molecular weight is 408 g/mol. The normalized spacial score (nSPS) is 14.3. The van der Waals surface area contributed by atoms with Gasteiger partial charge in [0.2, 0.25) is 0 Å². The number of hydrogen-bond acceptors (Lipinski definition) is 6. The maximum absolute atomic E-state index is 13.6. The molecule has 1 aromatic heterocycles. The van der Waals surface area contributed by atoms with Gasteiger partial charge in [0.25, 0.3) is 0 Å². The fourth-order valence-electron chi connectivity index (χ4n) is 3.71. The quantitative estimate of drug-likeness (QED) is 0.481. The Balaban J connectivity index is 2.22. The second-order valence-electron chi connectivity index (χ2n) is 7.36. The van der Waals surface area contributed by atoms with Crippen molar-refractivity contribution in [1.29, 1.82) is 0 Å². The lowest BCUT2D eigenvalue weighted by molar-refractivity contribution is 0.0894. The topological polar surface area (TPSA) is 82.8 Å². The SMILES string of the molecule is COc1ccc(OC)c2c1C(=O)C(C)=C(C(CC=C(C)C)C(=O)c1ccoc1)C2=O. The van der Waals surface area contributed by atoms with Gasteiger partial charge in [-0.3, -0.25) is 14.4 Å². The van der Waals surface area contributed by atoms with Crippen molar-refractivity contribution >= 4 is 17.3 Å². The largest absolute Gasteiger partial charge is 0.496 e. The molecule has 0 aliphatic heterocycles. The van der Waals surface area contributed by atoms with E-state index in [1.807, 2.05) is 19.9 Å². The molecule has 3 rings (SSSR count). The van der Waals surface area contributed by atoms with Gasteiger partial charge in [-0.15, -0.1) is 0 Å². The lowest BCUT2D eigenvalue weighted by Gasteiger charge is -2.26. The van der Waals surface area contributed by atoms with Crippen LogP contribution in [0.2, 0.25) is 0 Å². The molecule has 6 heteroatoms. The van der Waals surface area contributed by atoms with Gasteiger partial charge in [0.05, 0.1) is 43.1 Å². The smallest absolute Gasteiger partial charge is 0.194 e. The second-order valence-corrected chi connectivity index (χ2v) is 7.36. The minimum Gasteiger partial charge on any atom is -0.496 e. The number of fused-ring (bicyclic) bond motifs is 1. The minimum absolute atomic E-state index is 0.129. The standard InChI is InChI=1S/C24H24O6/c1-13(2)6-7-16(23(26)15-10-11-30-12-15)19-14(3)22(25)20-17(28-4)8-9-18(29-5)21(20)24(19)27/h6,8-12,16H,7H2,1-5H3. The molecule has 1 heterocycles. The van der Waals surface area contributed by atoms with Crippen molar-refractivity contribution in [3.8, 4) is 11.5 Å². The number of methoxy groups -OCH3 is 2. The van der Waals surface area contributed by atoms with Crippen LogP contribution < -0.4 is 9.47 Å². The first-order chi connectivity index (χ1) is 14.3. The zero-order valence-corrected chi connectivity index (χ0v) is 17.7. The van der Waals surface area contributed by atoms with E-state index in [0.717, 1.165) is 5.57 Å². The summed E-state index contributed by atoms with van der Waals surface area (Å²) in [6.07, 6.45) is 4.93. The first-order valence-corrected chi connectivity index (χ1v) is 9.56. The molecule has 0 amide bonds. The summed E-state index contributed by atoms with van der Waals surface area (Å²) in [7, 11) is 2.87. The van der Waals surface area contributed by atoms with Gasteiger partial charge in [0.1, 0.15) is 17.8 Å². The summed E-state index contributed by atoms with van der Waals surface area (Å²) in [5.74, 6) is -1.28. The van der Waals surface area contributed by atoms with Crippen LogP contribution in [0, 0.1) is 5.92 Å². The molecular weight excluding hydrogens is 384 g/mol. The van der Waals surface area contributed by atoms with Gasteiger partial charge in [-0.2, -0.15) is 0 Å². The zero-order valence-electron chi connectivity index (χ0n) is 17.7. The van der Waals surface area contributed by atoms with Crippen LogP contribution in [0.5, 0.6) is 11.5 Å². The van der Waals surface area contributed by atoms with E-state index in [1.165, 1.54) is 26.7 Å². The molecule has 1 aliphatic carbocycles. The molecule has 156 valence electrons. The van der Waals surface area contributed by atoms with Crippen LogP contribution in [-0.4, -0.2) is 31.6 Å². The molecule has 0 fully saturated rings. The lowest BCUT2D eigenvalue weighted by Crippen LogP contribution is -2.30. The fourth-order valence-corrected chi connectivity index (χ4v) is 3.71. The van der Waals surface area contributed by atoms with Crippen LogP contribution in [0.3, 0.4) is 0 Å². The van der Waals surface area contributed by atoms with Gasteiger partial charge in [0.15, 0.2) is 17.3 Å². The van der Waals surface area contributed by atoms with E-state index in [9.17, 15) is 14.4 Å². The van der Waals surface area contributed by atoms with Crippen molar-refractivity contribution in [1.82, 2.24) is 0 Å². The fraction of sp³-hybridized carbons (Fsp3) is 0.292. The Labute approximate surface area is 175 Å². The maximum atomic E-state index is 13.6. The highest BCUT2D eigenvalue weighted by Gasteiger charge is 2.40. The maximum Gasteiger partial charge on any atom is 0.194 e. The average Bonchev–Trinajstić information content (AvgIpc) is 3.27. The monoisotopic (exact) mass is 408 g/mol. The van der Waals surface area contributed by atoms with Crippen LogP contribution in [0.1, 0.15) is 58.3 Å². The molecule has 0 saturated heterocycles. The van der Waals surface area contributed by atoms with Gasteiger partial charge in [-0.1, -0.05) is 11.6 Å². The van der Waals surface area contributed by atoms with Gasteiger partial charge >= 0.3 is 0 Å². The van der Waals surface area contributed by atoms with Crippen molar-refractivity contribution in [2.75, 3.05) is 14.2 Å². The molecule has 6 nitrogen and oxygen atoms in total. The van der Waals surface area contributed by atoms with E-state index in [4.69, 9.17) is 13.9 Å². The number of hydrogen-bond donors (Lipinski definition) is 0. The summed E-state index contributed by atoms with van der Waals surface area (Å²) in [6.45, 7) is 5.41. The number of ether oxygens (including phenoxy) is 2. The number of allylic oxidation sites excluding steroid dienone is 4. The van der Waals surface area contributed by atoms with Crippen molar-refractivity contribution in [2.24, 2.45) is 5.92 Å². The number of rotatable bonds is 7. The number of Topliss-reactive ketones (excluding diaryl/α,β-unsaturated/α-hetero) is 3. The van der Waals surface area contributed by atoms with Crippen molar-refractivity contribution in [2.45, 2.75) is 27.2 Å². The molecule has 0 N–H and O–H groups in total. The third-order valence-electron chi connectivity index (χ3n) is 5.24. The Morgan fingerprint density at radius 3 is 2.13 bits per heavy atom. The van der Waals surface area contributed by atoms with Gasteiger partial charge in [-0.05, 0) is 45.4 Å². The lowest BCUT2D eigenvalue weighted by atomic mass is 9.75. The number of benzene rings is 1. The Hall–Kier alpha value is -3.41. The Morgan fingerprint density at radius 1 is 1.03 bits per heavy atom. The van der Waals surface area contributed by atoms with E-state index in [0.29, 0.717) is 17.7 Å². The first kappa shape index (κ1) is 21.3. The summed E-state index contributed by atoms with van der Waals surface area (Å²) >= 11 is 0. The molecule has 0 saturated carbocycles. The summed E-state index contributed by atoms with van der Waals surface area (Å²) < 4.78 is 15.7. The van der Waals surface area contributed by atoms with E-state index in [1.54, 1.807) is 25.1 Å². The number of carbonyl (C=O) groups is 3. The van der Waals surface area contributed by atoms with E-state index in [2.05, 4.69) is 0 Å². The van der Waals surface area contributed by atoms with Crippen LogP contribution in [0.25, 0.3) is 0 Å². The van der Waals surface area contributed by atoms with Gasteiger partial charge in [-0.25, -0.2) is 0 Å². The van der Waals surface area contributed by atoms with Crippen molar-refractivity contribution < 1.29 is 28.3 Å². The number of carbonyl (C=O) groups excluding carboxylic acids is 3. The Morgan fingerprint density at radius 2 is 1.63 bits per heavy atom. The van der Waals surface area contributed by atoms with Crippen LogP contribution in [0.4, 0.5) is 0 Å². The number of furan rings is 1. The van der Waals surface area contributed by atoms with Crippen molar-refractivity contribution in [3.05, 3.63) is 70.2 Å².